The van der Waals surface area contributed by atoms with Crippen LogP contribution in [-0.2, 0) is 23.8 Å². The van der Waals surface area contributed by atoms with Crippen molar-refractivity contribution in [2.75, 3.05) is 12.0 Å². The third-order valence-corrected chi connectivity index (χ3v) is 4.22. The highest BCUT2D eigenvalue weighted by Crippen LogP contribution is 2.10. The minimum Gasteiger partial charge on any atom is -0.309 e. The molecule has 0 bridgehead atoms. The number of hydrogen-bond donors (Lipinski definition) is 1. The second-order valence-corrected chi connectivity index (χ2v) is 6.43. The largest absolute Gasteiger partial charge is 0.309 e. The first-order valence-corrected chi connectivity index (χ1v) is 8.19. The average Bonchev–Trinajstić information content (AvgIpc) is 2.71. The van der Waals surface area contributed by atoms with E-state index in [-0.39, 0.29) is 0 Å². The molecule has 0 aliphatic rings. The molecule has 0 aliphatic carbocycles. The van der Waals surface area contributed by atoms with Gasteiger partial charge in [-0.3, -0.25) is 4.21 Å². The summed E-state index contributed by atoms with van der Waals surface area (Å²) in [7, 11) is -0.685. The number of hydrogen-bond acceptors (Lipinski definition) is 4. The maximum Gasteiger partial charge on any atom is 0.0926 e. The Balaban J connectivity index is 2.25. The van der Waals surface area contributed by atoms with Gasteiger partial charge in [-0.15, -0.1) is 11.3 Å². The quantitative estimate of drug-likeness (QED) is 0.815. The Hall–Kier alpha value is -0.260. The lowest BCUT2D eigenvalue weighted by Crippen LogP contribution is -2.27. The van der Waals surface area contributed by atoms with Crippen molar-refractivity contribution >= 4 is 22.1 Å². The molecule has 2 unspecified atom stereocenters. The van der Waals surface area contributed by atoms with Gasteiger partial charge in [0.15, 0.2) is 0 Å². The highest BCUT2D eigenvalue weighted by Gasteiger charge is 2.04. The normalized spacial score (nSPS) is 14.9. The molecule has 5 heteroatoms. The van der Waals surface area contributed by atoms with Crippen LogP contribution < -0.4 is 5.32 Å². The number of nitrogens with zero attached hydrogens (tertiary/aromatic N) is 1. The molecule has 1 aromatic rings. The van der Waals surface area contributed by atoms with E-state index in [0.29, 0.717) is 6.04 Å². The summed E-state index contributed by atoms with van der Waals surface area (Å²) >= 11 is 1.72. The van der Waals surface area contributed by atoms with Crippen LogP contribution in [0.25, 0.3) is 0 Å². The van der Waals surface area contributed by atoms with Gasteiger partial charge < -0.3 is 5.32 Å². The van der Waals surface area contributed by atoms with Gasteiger partial charge >= 0.3 is 0 Å². The smallest absolute Gasteiger partial charge is 0.0926 e. The molecular formula is C11H20N2OS2. The van der Waals surface area contributed by atoms with Crippen LogP contribution in [0.15, 0.2) is 5.38 Å². The molecule has 1 heterocycles. The molecule has 0 spiro atoms. The fourth-order valence-corrected chi connectivity index (χ4v) is 2.75. The highest BCUT2D eigenvalue weighted by atomic mass is 32.2. The van der Waals surface area contributed by atoms with E-state index in [0.717, 1.165) is 30.8 Å². The third-order valence-electron chi connectivity index (χ3n) is 2.37. The molecule has 16 heavy (non-hydrogen) atoms. The fraction of sp³-hybridized carbons (Fsp3) is 0.727. The zero-order chi connectivity index (χ0) is 12.0. The second kappa shape index (κ2) is 7.14. The topological polar surface area (TPSA) is 42.0 Å². The molecule has 1 aromatic heterocycles. The van der Waals surface area contributed by atoms with E-state index >= 15 is 0 Å². The zero-order valence-electron chi connectivity index (χ0n) is 10.2. The lowest BCUT2D eigenvalue weighted by atomic mass is 10.2. The van der Waals surface area contributed by atoms with Crippen LogP contribution in [-0.4, -0.2) is 27.2 Å². The van der Waals surface area contributed by atoms with Crippen molar-refractivity contribution in [3.8, 4) is 0 Å². The van der Waals surface area contributed by atoms with Gasteiger partial charge in [0.2, 0.25) is 0 Å². The van der Waals surface area contributed by atoms with E-state index in [4.69, 9.17) is 0 Å². The van der Waals surface area contributed by atoms with Crippen molar-refractivity contribution in [3.05, 3.63) is 16.1 Å². The highest BCUT2D eigenvalue weighted by molar-refractivity contribution is 7.84. The number of aryl methyl sites for hydroxylation is 1. The van der Waals surface area contributed by atoms with Crippen molar-refractivity contribution in [2.24, 2.45) is 0 Å². The molecule has 0 amide bonds. The molecule has 2 atom stereocenters. The number of nitrogens with one attached hydrogen (secondary N) is 1. The van der Waals surface area contributed by atoms with Crippen molar-refractivity contribution < 1.29 is 4.21 Å². The fourth-order valence-electron chi connectivity index (χ4n) is 1.32. The van der Waals surface area contributed by atoms with Gasteiger partial charge in [-0.05, 0) is 19.8 Å². The lowest BCUT2D eigenvalue weighted by molar-refractivity contribution is 0.530. The zero-order valence-corrected chi connectivity index (χ0v) is 11.8. The van der Waals surface area contributed by atoms with E-state index in [1.54, 1.807) is 17.6 Å². The van der Waals surface area contributed by atoms with Crippen molar-refractivity contribution in [2.45, 2.75) is 39.3 Å². The van der Waals surface area contributed by atoms with Gasteiger partial charge in [0.1, 0.15) is 0 Å². The molecule has 0 radical (unpaired) electrons. The molecule has 0 saturated heterocycles. The van der Waals surface area contributed by atoms with Gasteiger partial charge in [0.05, 0.1) is 10.7 Å². The maximum absolute atomic E-state index is 10.9. The molecule has 0 aliphatic heterocycles. The molecule has 1 rings (SSSR count). The number of aromatic nitrogens is 1. The number of rotatable bonds is 7. The van der Waals surface area contributed by atoms with Gasteiger partial charge in [-0.2, -0.15) is 0 Å². The second-order valence-electron chi connectivity index (χ2n) is 3.93. The van der Waals surface area contributed by atoms with Gasteiger partial charge in [-0.1, -0.05) is 6.92 Å². The van der Waals surface area contributed by atoms with Crippen LogP contribution in [0.5, 0.6) is 0 Å². The first kappa shape index (κ1) is 13.8. The summed E-state index contributed by atoms with van der Waals surface area (Å²) in [5.41, 5.74) is 1.12. The van der Waals surface area contributed by atoms with Gasteiger partial charge in [-0.25, -0.2) is 4.98 Å². The van der Waals surface area contributed by atoms with E-state index in [2.05, 4.69) is 29.5 Å². The molecule has 0 aromatic carbocycles. The molecule has 92 valence electrons. The predicted octanol–water partition coefficient (Wildman–Crippen LogP) is 1.95. The minimum absolute atomic E-state index is 0.399. The van der Waals surface area contributed by atoms with Gasteiger partial charge in [0, 0.05) is 40.8 Å². The molecular weight excluding hydrogens is 240 g/mol. The standard InChI is InChI=1S/C11H20N2OS2/c1-4-11-13-10(8-15-11)7-12-9(2)5-6-16(3)14/h8-9,12H,4-7H2,1-3H3. The first-order chi connectivity index (χ1) is 7.61. The Morgan fingerprint density at radius 2 is 2.38 bits per heavy atom. The molecule has 0 fully saturated rings. The minimum atomic E-state index is -0.685. The van der Waals surface area contributed by atoms with Crippen molar-refractivity contribution in [1.82, 2.24) is 10.3 Å². The average molecular weight is 260 g/mol. The van der Waals surface area contributed by atoms with Crippen LogP contribution >= 0.6 is 11.3 Å². The van der Waals surface area contributed by atoms with E-state index in [1.807, 2.05) is 0 Å². The van der Waals surface area contributed by atoms with Crippen LogP contribution in [0.3, 0.4) is 0 Å². The SMILES string of the molecule is CCc1nc(CNC(C)CCS(C)=O)cs1. The summed E-state index contributed by atoms with van der Waals surface area (Å²) in [6, 6.07) is 0.399. The Morgan fingerprint density at radius 1 is 1.62 bits per heavy atom. The lowest BCUT2D eigenvalue weighted by Gasteiger charge is -2.11. The Kier molecular flexibility index (Phi) is 6.16. The monoisotopic (exact) mass is 260 g/mol. The van der Waals surface area contributed by atoms with Gasteiger partial charge in [0.25, 0.3) is 0 Å². The van der Waals surface area contributed by atoms with Crippen LogP contribution in [0.2, 0.25) is 0 Å². The Morgan fingerprint density at radius 3 is 2.94 bits per heavy atom. The van der Waals surface area contributed by atoms with E-state index in [9.17, 15) is 4.21 Å². The van der Waals surface area contributed by atoms with E-state index < -0.39 is 10.8 Å². The van der Waals surface area contributed by atoms with Crippen molar-refractivity contribution in [1.29, 1.82) is 0 Å². The third kappa shape index (κ3) is 5.18. The van der Waals surface area contributed by atoms with Crippen LogP contribution in [0.4, 0.5) is 0 Å². The Labute approximate surface area is 104 Å². The summed E-state index contributed by atoms with van der Waals surface area (Å²) in [5.74, 6) is 0.769. The molecule has 3 nitrogen and oxygen atoms in total. The molecule has 1 N–H and O–H groups in total. The van der Waals surface area contributed by atoms with E-state index in [1.165, 1.54) is 5.01 Å². The van der Waals surface area contributed by atoms with Crippen molar-refractivity contribution in [3.63, 3.8) is 0 Å². The Bertz CT molecular complexity index is 338. The summed E-state index contributed by atoms with van der Waals surface area (Å²) in [5, 5.41) is 6.70. The first-order valence-electron chi connectivity index (χ1n) is 5.58. The number of thiazole rings is 1. The summed E-state index contributed by atoms with van der Waals surface area (Å²) in [6.07, 6.45) is 3.71. The van der Waals surface area contributed by atoms with Crippen LogP contribution in [0, 0.1) is 0 Å². The predicted molar refractivity (Wildman–Crippen MR) is 71.3 cm³/mol. The maximum atomic E-state index is 10.9. The summed E-state index contributed by atoms with van der Waals surface area (Å²) < 4.78 is 10.9. The summed E-state index contributed by atoms with van der Waals surface area (Å²) in [4.78, 5) is 4.49. The summed E-state index contributed by atoms with van der Waals surface area (Å²) in [6.45, 7) is 5.06. The molecule has 0 saturated carbocycles. The van der Waals surface area contributed by atoms with Crippen LogP contribution in [0.1, 0.15) is 31.0 Å².